The van der Waals surface area contributed by atoms with Gasteiger partial charge < -0.3 is 15.5 Å². The molecule has 0 spiro atoms. The molecule has 1 unspecified atom stereocenters. The number of piperidine rings is 1. The molecule has 28 heavy (non-hydrogen) atoms. The van der Waals surface area contributed by atoms with Crippen molar-refractivity contribution >= 4 is 17.7 Å². The molecule has 1 aliphatic heterocycles. The molecule has 6 nitrogen and oxygen atoms in total. The number of benzene rings is 1. The minimum Gasteiger partial charge on any atom is -0.354 e. The maximum atomic E-state index is 12.8. The summed E-state index contributed by atoms with van der Waals surface area (Å²) in [7, 11) is 0. The fourth-order valence-electron chi connectivity index (χ4n) is 3.45. The van der Waals surface area contributed by atoms with Gasteiger partial charge in [0.1, 0.15) is 6.04 Å². The summed E-state index contributed by atoms with van der Waals surface area (Å²) >= 11 is 0. The molecule has 1 aliphatic rings. The normalized spacial score (nSPS) is 16.0. The van der Waals surface area contributed by atoms with Crippen LogP contribution in [0.4, 0.5) is 0 Å². The predicted molar refractivity (Wildman–Crippen MR) is 110 cm³/mol. The molecular weight excluding hydrogens is 354 g/mol. The summed E-state index contributed by atoms with van der Waals surface area (Å²) in [5.41, 5.74) is 1.63. The lowest BCUT2D eigenvalue weighted by Crippen LogP contribution is -2.54. The van der Waals surface area contributed by atoms with Crippen molar-refractivity contribution in [3.63, 3.8) is 0 Å². The number of hydrogen-bond acceptors (Lipinski definition) is 3. The number of amides is 3. The minimum absolute atomic E-state index is 0.0162. The van der Waals surface area contributed by atoms with Crippen molar-refractivity contribution in [2.24, 2.45) is 11.8 Å². The Balaban J connectivity index is 2.08. The molecule has 1 atom stereocenters. The van der Waals surface area contributed by atoms with Gasteiger partial charge in [-0.25, -0.2) is 0 Å². The summed E-state index contributed by atoms with van der Waals surface area (Å²) in [5, 5.41) is 5.91. The lowest BCUT2D eigenvalue weighted by molar-refractivity contribution is -0.132. The first kappa shape index (κ1) is 21.9. The summed E-state index contributed by atoms with van der Waals surface area (Å²) in [6.45, 7) is 9.73. The number of nitrogens with zero attached hydrogens (tertiary/aromatic N) is 1. The van der Waals surface area contributed by atoms with Crippen molar-refractivity contribution in [1.29, 1.82) is 0 Å². The lowest BCUT2D eigenvalue weighted by Gasteiger charge is -2.35. The standard InChI is InChI=1S/C22H33N3O3/c1-5-19(26)25-12-10-17(11-13-25)20(22(28)23-14-15(2)3)24-21(27)18-8-6-16(4)7-9-18/h6-9,15,17,20H,5,10-14H2,1-4H3,(H,23,28)(H,24,27). The van der Waals surface area contributed by atoms with E-state index in [2.05, 4.69) is 10.6 Å². The van der Waals surface area contributed by atoms with Crippen molar-refractivity contribution in [3.05, 3.63) is 35.4 Å². The Labute approximate surface area is 168 Å². The molecule has 1 aromatic carbocycles. The Morgan fingerprint density at radius 3 is 2.25 bits per heavy atom. The first-order valence-corrected chi connectivity index (χ1v) is 10.2. The summed E-state index contributed by atoms with van der Waals surface area (Å²) in [6, 6.07) is 6.73. The smallest absolute Gasteiger partial charge is 0.251 e. The van der Waals surface area contributed by atoms with E-state index in [1.807, 2.05) is 44.7 Å². The topological polar surface area (TPSA) is 78.5 Å². The highest BCUT2D eigenvalue weighted by Crippen LogP contribution is 2.22. The maximum absolute atomic E-state index is 12.8. The Hall–Kier alpha value is -2.37. The zero-order chi connectivity index (χ0) is 20.7. The second-order valence-electron chi connectivity index (χ2n) is 8.03. The van der Waals surface area contributed by atoms with Gasteiger partial charge in [-0.3, -0.25) is 14.4 Å². The number of rotatable bonds is 7. The third kappa shape index (κ3) is 6.08. The molecule has 2 N–H and O–H groups in total. The van der Waals surface area contributed by atoms with E-state index in [4.69, 9.17) is 0 Å². The van der Waals surface area contributed by atoms with Crippen LogP contribution in [-0.2, 0) is 9.59 Å². The number of hydrogen-bond donors (Lipinski definition) is 2. The first-order valence-electron chi connectivity index (χ1n) is 10.2. The van der Waals surface area contributed by atoms with Crippen LogP contribution >= 0.6 is 0 Å². The van der Waals surface area contributed by atoms with Crippen LogP contribution < -0.4 is 10.6 Å². The number of likely N-dealkylation sites (tertiary alicyclic amines) is 1. The van der Waals surface area contributed by atoms with E-state index < -0.39 is 6.04 Å². The van der Waals surface area contributed by atoms with Gasteiger partial charge in [0.15, 0.2) is 0 Å². The Morgan fingerprint density at radius 1 is 1.11 bits per heavy atom. The predicted octanol–water partition coefficient (Wildman–Crippen LogP) is 2.51. The van der Waals surface area contributed by atoms with E-state index in [-0.39, 0.29) is 23.6 Å². The molecule has 6 heteroatoms. The van der Waals surface area contributed by atoms with Crippen molar-refractivity contribution in [3.8, 4) is 0 Å². The van der Waals surface area contributed by atoms with E-state index in [1.165, 1.54) is 0 Å². The van der Waals surface area contributed by atoms with Crippen LogP contribution in [0.3, 0.4) is 0 Å². The summed E-state index contributed by atoms with van der Waals surface area (Å²) < 4.78 is 0. The molecule has 1 heterocycles. The second-order valence-corrected chi connectivity index (χ2v) is 8.03. The quantitative estimate of drug-likeness (QED) is 0.755. The van der Waals surface area contributed by atoms with E-state index in [1.54, 1.807) is 12.1 Å². The van der Waals surface area contributed by atoms with Crippen LogP contribution in [0.2, 0.25) is 0 Å². The molecule has 1 fully saturated rings. The molecule has 0 radical (unpaired) electrons. The van der Waals surface area contributed by atoms with Crippen LogP contribution in [0, 0.1) is 18.8 Å². The van der Waals surface area contributed by atoms with Crippen molar-refractivity contribution in [1.82, 2.24) is 15.5 Å². The van der Waals surface area contributed by atoms with Crippen molar-refractivity contribution in [2.45, 2.75) is 53.0 Å². The Morgan fingerprint density at radius 2 is 1.71 bits per heavy atom. The molecule has 3 amide bonds. The molecule has 0 aliphatic carbocycles. The highest BCUT2D eigenvalue weighted by Gasteiger charge is 2.33. The average Bonchev–Trinajstić information content (AvgIpc) is 2.70. The molecule has 0 saturated carbocycles. The van der Waals surface area contributed by atoms with E-state index in [9.17, 15) is 14.4 Å². The third-order valence-electron chi connectivity index (χ3n) is 5.23. The molecule has 1 aromatic rings. The van der Waals surface area contributed by atoms with E-state index in [0.29, 0.717) is 50.4 Å². The first-order chi connectivity index (χ1) is 13.3. The SMILES string of the molecule is CCC(=O)N1CCC(C(NC(=O)c2ccc(C)cc2)C(=O)NCC(C)C)CC1. The fourth-order valence-corrected chi connectivity index (χ4v) is 3.45. The fraction of sp³-hybridized carbons (Fsp3) is 0.591. The van der Waals surface area contributed by atoms with Gasteiger partial charge in [-0.15, -0.1) is 0 Å². The van der Waals surface area contributed by atoms with Gasteiger partial charge in [0.25, 0.3) is 5.91 Å². The highest BCUT2D eigenvalue weighted by atomic mass is 16.2. The van der Waals surface area contributed by atoms with Gasteiger partial charge in [-0.05, 0) is 43.7 Å². The number of aryl methyl sites for hydroxylation is 1. The summed E-state index contributed by atoms with van der Waals surface area (Å²) in [4.78, 5) is 39.3. The zero-order valence-electron chi connectivity index (χ0n) is 17.5. The van der Waals surface area contributed by atoms with E-state index in [0.717, 1.165) is 5.56 Å². The lowest BCUT2D eigenvalue weighted by atomic mass is 9.88. The van der Waals surface area contributed by atoms with Crippen LogP contribution in [0.1, 0.15) is 56.0 Å². The van der Waals surface area contributed by atoms with E-state index >= 15 is 0 Å². The van der Waals surface area contributed by atoms with Gasteiger partial charge in [0.05, 0.1) is 0 Å². The minimum atomic E-state index is -0.591. The summed E-state index contributed by atoms with van der Waals surface area (Å²) in [5.74, 6) is 0.109. The highest BCUT2D eigenvalue weighted by molar-refractivity contribution is 5.97. The second kappa shape index (κ2) is 10.2. The monoisotopic (exact) mass is 387 g/mol. The zero-order valence-corrected chi connectivity index (χ0v) is 17.5. The van der Waals surface area contributed by atoms with Crippen LogP contribution in [-0.4, -0.2) is 48.3 Å². The van der Waals surface area contributed by atoms with Gasteiger partial charge in [-0.1, -0.05) is 38.5 Å². The van der Waals surface area contributed by atoms with Gasteiger partial charge in [0, 0.05) is 31.6 Å². The van der Waals surface area contributed by atoms with Crippen LogP contribution in [0.15, 0.2) is 24.3 Å². The number of carbonyl (C=O) groups is 3. The van der Waals surface area contributed by atoms with Gasteiger partial charge >= 0.3 is 0 Å². The number of nitrogens with one attached hydrogen (secondary N) is 2. The summed E-state index contributed by atoms with van der Waals surface area (Å²) in [6.07, 6.45) is 1.91. The molecule has 0 aromatic heterocycles. The van der Waals surface area contributed by atoms with Crippen LogP contribution in [0.5, 0.6) is 0 Å². The Bertz CT molecular complexity index is 677. The third-order valence-corrected chi connectivity index (χ3v) is 5.23. The number of carbonyl (C=O) groups excluding carboxylic acids is 3. The molecule has 1 saturated heterocycles. The molecule has 0 bridgehead atoms. The molecular formula is C22H33N3O3. The van der Waals surface area contributed by atoms with Gasteiger partial charge in [0.2, 0.25) is 11.8 Å². The van der Waals surface area contributed by atoms with Crippen LogP contribution in [0.25, 0.3) is 0 Å². The van der Waals surface area contributed by atoms with Gasteiger partial charge in [-0.2, -0.15) is 0 Å². The maximum Gasteiger partial charge on any atom is 0.251 e. The average molecular weight is 388 g/mol. The molecule has 154 valence electrons. The Kier molecular flexibility index (Phi) is 8.03. The van der Waals surface area contributed by atoms with Crippen molar-refractivity contribution < 1.29 is 14.4 Å². The largest absolute Gasteiger partial charge is 0.354 e. The molecule has 2 rings (SSSR count). The van der Waals surface area contributed by atoms with Crippen molar-refractivity contribution in [2.75, 3.05) is 19.6 Å².